The van der Waals surface area contributed by atoms with Gasteiger partial charge in [-0.2, -0.15) is 0 Å². The number of benzene rings is 4. The fourth-order valence-electron chi connectivity index (χ4n) is 4.69. The van der Waals surface area contributed by atoms with Crippen LogP contribution in [0.1, 0.15) is 35.2 Å². The Balaban J connectivity index is 1.47. The number of aromatic hydroxyl groups is 1. The van der Waals surface area contributed by atoms with Gasteiger partial charge in [-0.15, -0.1) is 0 Å². The van der Waals surface area contributed by atoms with E-state index in [0.29, 0.717) is 11.3 Å². The molecule has 4 aromatic carbocycles. The largest absolute Gasteiger partial charge is 0.508 e. The highest BCUT2D eigenvalue weighted by molar-refractivity contribution is 6.09. The van der Waals surface area contributed by atoms with E-state index in [0.717, 1.165) is 30.4 Å². The van der Waals surface area contributed by atoms with Crippen molar-refractivity contribution < 1.29 is 9.90 Å². The Morgan fingerprint density at radius 3 is 2.48 bits per heavy atom. The van der Waals surface area contributed by atoms with Crippen LogP contribution in [-0.4, -0.2) is 29.0 Å². The van der Waals surface area contributed by atoms with E-state index < -0.39 is 0 Å². The Morgan fingerprint density at radius 1 is 0.848 bits per heavy atom. The fraction of sp³-hybridized carbons (Fsp3) is 0.207. The van der Waals surface area contributed by atoms with Crippen LogP contribution in [0.4, 0.5) is 5.69 Å². The van der Waals surface area contributed by atoms with E-state index in [1.165, 1.54) is 36.0 Å². The highest BCUT2D eigenvalue weighted by Gasteiger charge is 2.16. The van der Waals surface area contributed by atoms with Gasteiger partial charge in [0.1, 0.15) is 5.75 Å². The number of fused-ring (bicyclic) bond motifs is 1. The van der Waals surface area contributed by atoms with Crippen LogP contribution < -0.4 is 5.32 Å². The quantitative estimate of drug-likeness (QED) is 0.378. The van der Waals surface area contributed by atoms with Crippen molar-refractivity contribution in [1.82, 2.24) is 4.90 Å². The number of carbonyl (C=O) groups is 1. The van der Waals surface area contributed by atoms with Gasteiger partial charge in [-0.1, -0.05) is 61.0 Å². The fourth-order valence-corrected chi connectivity index (χ4v) is 4.69. The number of nitrogens with zero attached hydrogens (tertiary/aromatic N) is 1. The molecule has 0 bridgehead atoms. The molecule has 1 amide bonds. The number of nitrogens with one attached hydrogen (secondary N) is 1. The SMILES string of the molecule is O=C(Nc1cccc2ccc(O)cc12)c1ccc(-c2ccccc2)c(CN2CCCCC2)c1. The zero-order valence-corrected chi connectivity index (χ0v) is 18.6. The molecule has 1 heterocycles. The molecule has 1 aliphatic rings. The molecule has 166 valence electrons. The Morgan fingerprint density at radius 2 is 1.67 bits per heavy atom. The molecule has 0 aromatic heterocycles. The third kappa shape index (κ3) is 4.76. The summed E-state index contributed by atoms with van der Waals surface area (Å²) in [5, 5.41) is 14.8. The number of carbonyl (C=O) groups excluding carboxylic acids is 1. The average molecular weight is 437 g/mol. The summed E-state index contributed by atoms with van der Waals surface area (Å²) >= 11 is 0. The minimum atomic E-state index is -0.148. The van der Waals surface area contributed by atoms with E-state index in [2.05, 4.69) is 40.5 Å². The lowest BCUT2D eigenvalue weighted by Crippen LogP contribution is -2.29. The minimum Gasteiger partial charge on any atom is -0.508 e. The summed E-state index contributed by atoms with van der Waals surface area (Å²) in [6, 6.07) is 27.3. The lowest BCUT2D eigenvalue weighted by molar-refractivity contribution is 0.102. The molecule has 0 saturated carbocycles. The van der Waals surface area contributed by atoms with Gasteiger partial charge in [0.05, 0.1) is 0 Å². The van der Waals surface area contributed by atoms with E-state index >= 15 is 0 Å². The maximum absolute atomic E-state index is 13.2. The van der Waals surface area contributed by atoms with E-state index in [-0.39, 0.29) is 11.7 Å². The number of phenols is 1. The zero-order valence-electron chi connectivity index (χ0n) is 18.6. The Bertz CT molecular complexity index is 1280. The van der Waals surface area contributed by atoms with Crippen LogP contribution in [0.25, 0.3) is 21.9 Å². The number of hydrogen-bond donors (Lipinski definition) is 2. The molecule has 1 saturated heterocycles. The lowest BCUT2D eigenvalue weighted by atomic mass is 9.96. The van der Waals surface area contributed by atoms with E-state index in [1.54, 1.807) is 12.1 Å². The predicted octanol–water partition coefficient (Wildman–Crippen LogP) is 6.45. The van der Waals surface area contributed by atoms with Crippen LogP contribution in [0, 0.1) is 0 Å². The van der Waals surface area contributed by atoms with Crippen molar-refractivity contribution in [3.63, 3.8) is 0 Å². The molecule has 5 rings (SSSR count). The van der Waals surface area contributed by atoms with Crippen LogP contribution >= 0.6 is 0 Å². The number of hydrogen-bond acceptors (Lipinski definition) is 3. The number of rotatable bonds is 5. The van der Waals surface area contributed by atoms with Crippen molar-refractivity contribution in [2.45, 2.75) is 25.8 Å². The van der Waals surface area contributed by atoms with Gasteiger partial charge in [0.2, 0.25) is 0 Å². The first-order valence-corrected chi connectivity index (χ1v) is 11.6. The summed E-state index contributed by atoms with van der Waals surface area (Å²) in [7, 11) is 0. The van der Waals surface area contributed by atoms with Crippen molar-refractivity contribution in [2.24, 2.45) is 0 Å². The van der Waals surface area contributed by atoms with E-state index in [9.17, 15) is 9.90 Å². The topological polar surface area (TPSA) is 52.6 Å². The number of phenolic OH excluding ortho intramolecular Hbond substituents is 1. The van der Waals surface area contributed by atoms with Crippen LogP contribution in [0.15, 0.2) is 84.9 Å². The maximum atomic E-state index is 13.2. The monoisotopic (exact) mass is 436 g/mol. The smallest absolute Gasteiger partial charge is 0.255 e. The van der Waals surface area contributed by atoms with Gasteiger partial charge < -0.3 is 10.4 Å². The minimum absolute atomic E-state index is 0.148. The molecular formula is C29H28N2O2. The van der Waals surface area contributed by atoms with E-state index in [1.807, 2.05) is 42.5 Å². The third-order valence-electron chi connectivity index (χ3n) is 6.41. The molecule has 1 fully saturated rings. The molecule has 33 heavy (non-hydrogen) atoms. The lowest BCUT2D eigenvalue weighted by Gasteiger charge is -2.27. The highest BCUT2D eigenvalue weighted by Crippen LogP contribution is 2.29. The molecule has 0 spiro atoms. The summed E-state index contributed by atoms with van der Waals surface area (Å²) in [4.78, 5) is 15.7. The van der Waals surface area contributed by atoms with Gasteiger partial charge in [0.25, 0.3) is 5.91 Å². The van der Waals surface area contributed by atoms with Crippen molar-refractivity contribution in [3.05, 3.63) is 96.1 Å². The third-order valence-corrected chi connectivity index (χ3v) is 6.41. The van der Waals surface area contributed by atoms with Crippen molar-refractivity contribution in [2.75, 3.05) is 18.4 Å². The number of piperidine rings is 1. The van der Waals surface area contributed by atoms with Crippen LogP contribution in [-0.2, 0) is 6.54 Å². The number of likely N-dealkylation sites (tertiary alicyclic amines) is 1. The highest BCUT2D eigenvalue weighted by atomic mass is 16.3. The Hall–Kier alpha value is -3.63. The number of amides is 1. The summed E-state index contributed by atoms with van der Waals surface area (Å²) < 4.78 is 0. The maximum Gasteiger partial charge on any atom is 0.255 e. The molecule has 0 radical (unpaired) electrons. The molecular weight excluding hydrogens is 408 g/mol. The summed E-state index contributed by atoms with van der Waals surface area (Å²) in [6.45, 7) is 3.04. The van der Waals surface area contributed by atoms with Gasteiger partial charge in [0.15, 0.2) is 0 Å². The first-order chi connectivity index (χ1) is 16.2. The Labute approximate surface area is 194 Å². The standard InChI is InChI=1S/C29H28N2O2/c32-25-14-12-22-10-7-11-28(27(22)19-25)30-29(33)23-13-15-26(21-8-3-1-4-9-21)24(18-23)20-31-16-5-2-6-17-31/h1,3-4,7-15,18-19,32H,2,5-6,16-17,20H2,(H,30,33). The van der Waals surface area contributed by atoms with Gasteiger partial charge in [-0.05, 0) is 78.3 Å². The molecule has 4 heteroatoms. The second-order valence-electron chi connectivity index (χ2n) is 8.74. The molecule has 0 aliphatic carbocycles. The van der Waals surface area contributed by atoms with Crippen molar-refractivity contribution in [1.29, 1.82) is 0 Å². The Kier molecular flexibility index (Phi) is 6.09. The molecule has 0 atom stereocenters. The molecule has 1 aliphatic heterocycles. The summed E-state index contributed by atoms with van der Waals surface area (Å²) in [5.41, 5.74) is 4.84. The van der Waals surface area contributed by atoms with Crippen LogP contribution in [0.3, 0.4) is 0 Å². The first kappa shape index (κ1) is 21.2. The average Bonchev–Trinajstić information content (AvgIpc) is 2.85. The zero-order chi connectivity index (χ0) is 22.6. The van der Waals surface area contributed by atoms with Crippen molar-refractivity contribution >= 4 is 22.4 Å². The molecule has 2 N–H and O–H groups in total. The first-order valence-electron chi connectivity index (χ1n) is 11.6. The second kappa shape index (κ2) is 9.47. The van der Waals surface area contributed by atoms with Crippen LogP contribution in [0.5, 0.6) is 5.75 Å². The van der Waals surface area contributed by atoms with E-state index in [4.69, 9.17) is 0 Å². The molecule has 4 aromatic rings. The van der Waals surface area contributed by atoms with Gasteiger partial charge >= 0.3 is 0 Å². The van der Waals surface area contributed by atoms with Gasteiger partial charge in [-0.25, -0.2) is 0 Å². The number of anilines is 1. The molecule has 4 nitrogen and oxygen atoms in total. The second-order valence-corrected chi connectivity index (χ2v) is 8.74. The molecule has 0 unspecified atom stereocenters. The van der Waals surface area contributed by atoms with Gasteiger partial charge in [0, 0.05) is 23.2 Å². The van der Waals surface area contributed by atoms with Crippen molar-refractivity contribution in [3.8, 4) is 16.9 Å². The summed E-state index contributed by atoms with van der Waals surface area (Å²) in [6.07, 6.45) is 3.76. The van der Waals surface area contributed by atoms with Crippen LogP contribution in [0.2, 0.25) is 0 Å². The predicted molar refractivity (Wildman–Crippen MR) is 135 cm³/mol. The van der Waals surface area contributed by atoms with Gasteiger partial charge in [-0.3, -0.25) is 9.69 Å². The normalized spacial score (nSPS) is 14.3. The summed E-state index contributed by atoms with van der Waals surface area (Å²) in [5.74, 6) is 0.0329.